The Bertz CT molecular complexity index is 706. The van der Waals surface area contributed by atoms with Gasteiger partial charge in [0.25, 0.3) is 0 Å². The number of rotatable bonds is 13. The zero-order chi connectivity index (χ0) is 18.6. The molecule has 0 fully saturated rings. The molecule has 0 spiro atoms. The summed E-state index contributed by atoms with van der Waals surface area (Å²) in [6, 6.07) is 0. The van der Waals surface area contributed by atoms with Crippen molar-refractivity contribution in [3.8, 4) is 0 Å². The minimum absolute atomic E-state index is 0.0892. The Kier molecular flexibility index (Phi) is 8.23. The first-order valence-electron chi connectivity index (χ1n) is 8.23. The average Bonchev–Trinajstić information content (AvgIpc) is 3.06. The molecule has 2 heterocycles. The van der Waals surface area contributed by atoms with Crippen molar-refractivity contribution in [2.75, 3.05) is 45.3 Å². The highest BCUT2D eigenvalue weighted by Crippen LogP contribution is 2.14. The van der Waals surface area contributed by atoms with E-state index in [0.717, 1.165) is 0 Å². The van der Waals surface area contributed by atoms with Crippen molar-refractivity contribution >= 4 is 29.3 Å². The van der Waals surface area contributed by atoms with Gasteiger partial charge in [-0.25, -0.2) is 15.0 Å². The Morgan fingerprint density at radius 1 is 1.15 bits per heavy atom. The van der Waals surface area contributed by atoms with Crippen LogP contribution in [0.15, 0.2) is 12.7 Å². The smallest absolute Gasteiger partial charge is 0.221 e. The predicted octanol–water partition coefficient (Wildman–Crippen LogP) is -1.31. The third-order valence-corrected chi connectivity index (χ3v) is 3.42. The van der Waals surface area contributed by atoms with E-state index in [0.29, 0.717) is 75.9 Å². The van der Waals surface area contributed by atoms with Crippen LogP contribution in [0.25, 0.3) is 11.2 Å². The summed E-state index contributed by atoms with van der Waals surface area (Å²) in [5.41, 5.74) is 6.87. The molecule has 0 bridgehead atoms. The van der Waals surface area contributed by atoms with E-state index in [2.05, 4.69) is 25.6 Å². The van der Waals surface area contributed by atoms with E-state index < -0.39 is 0 Å². The number of hydrogen-bond donors (Lipinski definition) is 3. The molecule has 11 nitrogen and oxygen atoms in total. The van der Waals surface area contributed by atoms with Gasteiger partial charge in [-0.05, 0) is 0 Å². The summed E-state index contributed by atoms with van der Waals surface area (Å²) < 4.78 is 12.3. The van der Waals surface area contributed by atoms with Gasteiger partial charge in [0.05, 0.1) is 32.8 Å². The molecule has 0 saturated heterocycles. The fourth-order valence-electron chi connectivity index (χ4n) is 2.15. The first-order valence-corrected chi connectivity index (χ1v) is 8.23. The maximum atomic E-state index is 11.9. The largest absolute Gasteiger partial charge is 0.382 e. The molecule has 0 aliphatic carbocycles. The number of aromatic nitrogens is 4. The molecule has 11 heteroatoms. The molecule has 0 saturated carbocycles. The molecule has 2 rings (SSSR count). The van der Waals surface area contributed by atoms with E-state index in [1.165, 1.54) is 6.33 Å². The Labute approximate surface area is 150 Å². The highest BCUT2D eigenvalue weighted by molar-refractivity contribution is 5.81. The number of nitrogens with zero attached hydrogens (tertiary/aromatic N) is 4. The highest BCUT2D eigenvalue weighted by atomic mass is 16.5. The number of imidazole rings is 1. The molecule has 0 unspecified atom stereocenters. The van der Waals surface area contributed by atoms with Crippen LogP contribution in [0.3, 0.4) is 0 Å². The van der Waals surface area contributed by atoms with Gasteiger partial charge in [-0.2, -0.15) is 0 Å². The predicted molar refractivity (Wildman–Crippen MR) is 93.1 cm³/mol. The van der Waals surface area contributed by atoms with Crippen molar-refractivity contribution in [2.24, 2.45) is 0 Å². The van der Waals surface area contributed by atoms with E-state index in [4.69, 9.17) is 15.2 Å². The molecule has 26 heavy (non-hydrogen) atoms. The van der Waals surface area contributed by atoms with Crippen LogP contribution in [-0.2, 0) is 25.6 Å². The summed E-state index contributed by atoms with van der Waals surface area (Å²) in [4.78, 5) is 34.0. The van der Waals surface area contributed by atoms with Gasteiger partial charge in [-0.1, -0.05) is 0 Å². The summed E-state index contributed by atoms with van der Waals surface area (Å²) in [7, 11) is 0. The number of carbonyl (C=O) groups excluding carboxylic acids is 2. The number of hydrogen-bond acceptors (Lipinski definition) is 8. The second-order valence-corrected chi connectivity index (χ2v) is 5.27. The number of nitrogens with two attached hydrogens (primary N) is 1. The van der Waals surface area contributed by atoms with Gasteiger partial charge < -0.3 is 30.4 Å². The van der Waals surface area contributed by atoms with Gasteiger partial charge in [-0.15, -0.1) is 0 Å². The van der Waals surface area contributed by atoms with Crippen LogP contribution < -0.4 is 16.4 Å². The van der Waals surface area contributed by atoms with E-state index in [-0.39, 0.29) is 5.91 Å². The number of ether oxygens (including phenoxy) is 2. The van der Waals surface area contributed by atoms with Crippen LogP contribution in [0.2, 0.25) is 0 Å². The molecule has 2 aromatic rings. The molecule has 0 radical (unpaired) electrons. The number of anilines is 1. The van der Waals surface area contributed by atoms with Crippen molar-refractivity contribution in [3.05, 3.63) is 12.7 Å². The third kappa shape index (κ3) is 6.26. The quantitative estimate of drug-likeness (QED) is 0.293. The SMILES string of the molecule is Nc1ncnc2c1ncn2CCC(=O)NCCOCCOCCNC=O. The lowest BCUT2D eigenvalue weighted by molar-refractivity contribution is -0.121. The Morgan fingerprint density at radius 3 is 2.69 bits per heavy atom. The number of aryl methyl sites for hydroxylation is 1. The lowest BCUT2D eigenvalue weighted by Gasteiger charge is -2.08. The number of carbonyl (C=O) groups is 2. The van der Waals surface area contributed by atoms with Crippen molar-refractivity contribution in [3.63, 3.8) is 0 Å². The third-order valence-electron chi connectivity index (χ3n) is 3.42. The summed E-state index contributed by atoms with van der Waals surface area (Å²) in [6.45, 7) is 3.06. The first kappa shape index (κ1) is 19.5. The van der Waals surface area contributed by atoms with Crippen LogP contribution in [0.1, 0.15) is 6.42 Å². The molecule has 0 aromatic carbocycles. The molecule has 0 atom stereocenters. The monoisotopic (exact) mass is 365 g/mol. The molecular formula is C15H23N7O4. The van der Waals surface area contributed by atoms with Crippen LogP contribution in [0.4, 0.5) is 5.82 Å². The maximum absolute atomic E-state index is 11.9. The molecular weight excluding hydrogens is 342 g/mol. The summed E-state index contributed by atoms with van der Waals surface area (Å²) >= 11 is 0. The van der Waals surface area contributed by atoms with E-state index in [1.54, 1.807) is 10.9 Å². The zero-order valence-electron chi connectivity index (χ0n) is 14.4. The molecule has 2 aromatic heterocycles. The number of amides is 2. The number of nitrogen functional groups attached to an aromatic ring is 1. The molecule has 0 aliphatic rings. The number of fused-ring (bicyclic) bond motifs is 1. The topological polar surface area (TPSA) is 146 Å². The maximum Gasteiger partial charge on any atom is 0.221 e. The van der Waals surface area contributed by atoms with Crippen molar-refractivity contribution < 1.29 is 19.1 Å². The minimum atomic E-state index is -0.0892. The molecule has 4 N–H and O–H groups in total. The highest BCUT2D eigenvalue weighted by Gasteiger charge is 2.09. The minimum Gasteiger partial charge on any atom is -0.382 e. The van der Waals surface area contributed by atoms with Gasteiger partial charge >= 0.3 is 0 Å². The molecule has 0 aliphatic heterocycles. The Balaban J connectivity index is 1.54. The fourth-order valence-corrected chi connectivity index (χ4v) is 2.15. The fraction of sp³-hybridized carbons (Fsp3) is 0.533. The van der Waals surface area contributed by atoms with Crippen molar-refractivity contribution in [2.45, 2.75) is 13.0 Å². The Morgan fingerprint density at radius 2 is 1.92 bits per heavy atom. The van der Waals surface area contributed by atoms with E-state index in [9.17, 15) is 9.59 Å². The molecule has 142 valence electrons. The molecule has 2 amide bonds. The summed E-state index contributed by atoms with van der Waals surface area (Å²) in [5.74, 6) is 0.230. The van der Waals surface area contributed by atoms with Crippen LogP contribution in [-0.4, -0.2) is 71.4 Å². The van der Waals surface area contributed by atoms with E-state index >= 15 is 0 Å². The lowest BCUT2D eigenvalue weighted by atomic mass is 10.4. The van der Waals surface area contributed by atoms with Gasteiger partial charge in [0.15, 0.2) is 11.5 Å². The van der Waals surface area contributed by atoms with Crippen LogP contribution in [0.5, 0.6) is 0 Å². The number of nitrogens with one attached hydrogen (secondary N) is 2. The second-order valence-electron chi connectivity index (χ2n) is 5.27. The van der Waals surface area contributed by atoms with Gasteiger partial charge in [-0.3, -0.25) is 9.59 Å². The van der Waals surface area contributed by atoms with Crippen LogP contribution in [0, 0.1) is 0 Å². The average molecular weight is 365 g/mol. The van der Waals surface area contributed by atoms with Crippen molar-refractivity contribution in [1.82, 2.24) is 30.2 Å². The summed E-state index contributed by atoms with van der Waals surface area (Å²) in [5, 5.41) is 5.27. The standard InChI is InChI=1S/C15H23N7O4/c16-14-13-15(20-9-19-14)22(10-21-13)4-1-12(24)18-3-6-26-8-7-25-5-2-17-11-23/h9-11H,1-8H2,(H,17,23)(H,18,24)(H2,16,19,20). The van der Waals surface area contributed by atoms with Gasteiger partial charge in [0.1, 0.15) is 11.8 Å². The van der Waals surface area contributed by atoms with Crippen molar-refractivity contribution in [1.29, 1.82) is 0 Å². The van der Waals surface area contributed by atoms with E-state index in [1.807, 2.05) is 0 Å². The normalized spacial score (nSPS) is 10.8. The zero-order valence-corrected chi connectivity index (χ0v) is 14.4. The Hall–Kier alpha value is -2.79. The van der Waals surface area contributed by atoms with Gasteiger partial charge in [0.2, 0.25) is 12.3 Å². The van der Waals surface area contributed by atoms with Gasteiger partial charge in [0, 0.05) is 26.1 Å². The lowest BCUT2D eigenvalue weighted by Crippen LogP contribution is -2.28. The first-order chi connectivity index (χ1) is 12.7. The van der Waals surface area contributed by atoms with Crippen LogP contribution >= 0.6 is 0 Å². The second kappa shape index (κ2) is 10.9. The summed E-state index contributed by atoms with van der Waals surface area (Å²) in [6.07, 6.45) is 3.88.